The standard InChI is InChI=1S/C14H15F3N2O3/c1-8(20)2-5-11(21)18-6-7-19-14(22)9-3-4-10(15)13(17)12(9)16/h3-4H,2,5-7H2,1H3,(H,18,21)(H,19,22). The van der Waals surface area contributed by atoms with E-state index in [4.69, 9.17) is 0 Å². The number of carbonyl (C=O) groups excluding carboxylic acids is 3. The molecule has 0 aromatic heterocycles. The van der Waals surface area contributed by atoms with Crippen LogP contribution in [0, 0.1) is 17.5 Å². The maximum absolute atomic E-state index is 13.3. The number of carbonyl (C=O) groups is 3. The van der Waals surface area contributed by atoms with Gasteiger partial charge < -0.3 is 15.4 Å². The first-order valence-electron chi connectivity index (χ1n) is 6.50. The molecule has 0 radical (unpaired) electrons. The van der Waals surface area contributed by atoms with Crippen LogP contribution in [0.3, 0.4) is 0 Å². The fraction of sp³-hybridized carbons (Fsp3) is 0.357. The van der Waals surface area contributed by atoms with E-state index in [0.717, 1.165) is 6.07 Å². The summed E-state index contributed by atoms with van der Waals surface area (Å²) in [5.74, 6) is -6.06. The highest BCUT2D eigenvalue weighted by Crippen LogP contribution is 2.14. The van der Waals surface area contributed by atoms with Crippen molar-refractivity contribution in [2.45, 2.75) is 19.8 Å². The Balaban J connectivity index is 2.40. The lowest BCUT2D eigenvalue weighted by molar-refractivity contribution is -0.124. The molecule has 0 aliphatic heterocycles. The zero-order valence-electron chi connectivity index (χ0n) is 11.8. The maximum Gasteiger partial charge on any atom is 0.254 e. The second-order valence-corrected chi connectivity index (χ2v) is 4.53. The predicted molar refractivity (Wildman–Crippen MR) is 71.6 cm³/mol. The van der Waals surface area contributed by atoms with E-state index in [1.807, 2.05) is 0 Å². The molecule has 0 heterocycles. The van der Waals surface area contributed by atoms with E-state index in [-0.39, 0.29) is 37.6 Å². The normalized spacial score (nSPS) is 10.2. The van der Waals surface area contributed by atoms with Gasteiger partial charge in [-0.3, -0.25) is 9.59 Å². The molecule has 2 amide bonds. The first-order valence-corrected chi connectivity index (χ1v) is 6.50. The molecule has 5 nitrogen and oxygen atoms in total. The van der Waals surface area contributed by atoms with Gasteiger partial charge in [0.05, 0.1) is 5.56 Å². The van der Waals surface area contributed by atoms with Crippen molar-refractivity contribution in [3.63, 3.8) is 0 Å². The van der Waals surface area contributed by atoms with Crippen molar-refractivity contribution in [1.82, 2.24) is 10.6 Å². The summed E-state index contributed by atoms with van der Waals surface area (Å²) in [6.07, 6.45) is 0.166. The molecule has 0 unspecified atom stereocenters. The van der Waals surface area contributed by atoms with Gasteiger partial charge in [0.25, 0.3) is 5.91 Å². The van der Waals surface area contributed by atoms with Crippen molar-refractivity contribution >= 4 is 17.6 Å². The van der Waals surface area contributed by atoms with Gasteiger partial charge in [0.2, 0.25) is 5.91 Å². The molecule has 2 N–H and O–H groups in total. The van der Waals surface area contributed by atoms with E-state index in [1.54, 1.807) is 0 Å². The van der Waals surface area contributed by atoms with E-state index in [1.165, 1.54) is 6.92 Å². The van der Waals surface area contributed by atoms with E-state index >= 15 is 0 Å². The fourth-order valence-electron chi connectivity index (χ4n) is 1.55. The Hall–Kier alpha value is -2.38. The average Bonchev–Trinajstić information content (AvgIpc) is 2.47. The number of nitrogens with one attached hydrogen (secondary N) is 2. The van der Waals surface area contributed by atoms with Gasteiger partial charge in [0.15, 0.2) is 17.5 Å². The van der Waals surface area contributed by atoms with Crippen LogP contribution in [0.4, 0.5) is 13.2 Å². The summed E-state index contributed by atoms with van der Waals surface area (Å²) in [6, 6.07) is 1.48. The van der Waals surface area contributed by atoms with E-state index in [0.29, 0.717) is 6.07 Å². The van der Waals surface area contributed by atoms with Crippen LogP contribution in [-0.2, 0) is 9.59 Å². The molecule has 1 rings (SSSR count). The van der Waals surface area contributed by atoms with E-state index in [2.05, 4.69) is 10.6 Å². The van der Waals surface area contributed by atoms with Gasteiger partial charge in [0, 0.05) is 25.9 Å². The SMILES string of the molecule is CC(=O)CCC(=O)NCCNC(=O)c1ccc(F)c(F)c1F. The van der Waals surface area contributed by atoms with Crippen LogP contribution >= 0.6 is 0 Å². The van der Waals surface area contributed by atoms with Crippen LogP contribution < -0.4 is 10.6 Å². The summed E-state index contributed by atoms with van der Waals surface area (Å²) >= 11 is 0. The zero-order chi connectivity index (χ0) is 16.7. The molecule has 0 aliphatic rings. The number of benzene rings is 1. The summed E-state index contributed by atoms with van der Waals surface area (Å²) in [7, 11) is 0. The van der Waals surface area contributed by atoms with Crippen LogP contribution in [0.2, 0.25) is 0 Å². The number of Topliss-reactive ketones (excluding diaryl/α,β-unsaturated/α-hetero) is 1. The number of ketones is 1. The molecule has 1 aromatic carbocycles. The molecule has 1 aromatic rings. The Morgan fingerprint density at radius 1 is 0.955 bits per heavy atom. The minimum Gasteiger partial charge on any atom is -0.354 e. The molecule has 8 heteroatoms. The monoisotopic (exact) mass is 316 g/mol. The Morgan fingerprint density at radius 2 is 1.59 bits per heavy atom. The summed E-state index contributed by atoms with van der Waals surface area (Å²) in [6.45, 7) is 1.40. The number of hydrogen-bond donors (Lipinski definition) is 2. The molecule has 0 spiro atoms. The molecule has 120 valence electrons. The largest absolute Gasteiger partial charge is 0.354 e. The summed E-state index contributed by atoms with van der Waals surface area (Å²) < 4.78 is 39.1. The van der Waals surface area contributed by atoms with Gasteiger partial charge in [-0.15, -0.1) is 0 Å². The Kier molecular flexibility index (Phi) is 6.55. The van der Waals surface area contributed by atoms with Crippen LogP contribution in [0.15, 0.2) is 12.1 Å². The third kappa shape index (κ3) is 5.19. The predicted octanol–water partition coefficient (Wildman–Crippen LogP) is 1.32. The molecule has 0 saturated carbocycles. The molecule has 0 bridgehead atoms. The number of amides is 2. The smallest absolute Gasteiger partial charge is 0.254 e. The third-order valence-electron chi connectivity index (χ3n) is 2.72. The highest BCUT2D eigenvalue weighted by Gasteiger charge is 2.18. The molecule has 0 atom stereocenters. The maximum atomic E-state index is 13.3. The molecule has 0 fully saturated rings. The van der Waals surface area contributed by atoms with Gasteiger partial charge in [-0.05, 0) is 19.1 Å². The van der Waals surface area contributed by atoms with Crippen LogP contribution in [-0.4, -0.2) is 30.7 Å². The van der Waals surface area contributed by atoms with Crippen molar-refractivity contribution < 1.29 is 27.6 Å². The van der Waals surface area contributed by atoms with Crippen LogP contribution in [0.1, 0.15) is 30.1 Å². The second-order valence-electron chi connectivity index (χ2n) is 4.53. The number of rotatable bonds is 7. The highest BCUT2D eigenvalue weighted by molar-refractivity contribution is 5.94. The Morgan fingerprint density at radius 3 is 2.23 bits per heavy atom. The van der Waals surface area contributed by atoms with Crippen LogP contribution in [0.5, 0.6) is 0 Å². The summed E-state index contributed by atoms with van der Waals surface area (Å²) in [5.41, 5.74) is -0.623. The first-order chi connectivity index (χ1) is 10.3. The molecular formula is C14H15F3N2O3. The second kappa shape index (κ2) is 8.16. The minimum atomic E-state index is -1.72. The van der Waals surface area contributed by atoms with Gasteiger partial charge in [0.1, 0.15) is 5.78 Å². The van der Waals surface area contributed by atoms with E-state index < -0.39 is 28.9 Å². The lowest BCUT2D eigenvalue weighted by atomic mass is 10.2. The van der Waals surface area contributed by atoms with Crippen molar-refractivity contribution in [1.29, 1.82) is 0 Å². The summed E-state index contributed by atoms with van der Waals surface area (Å²) in [4.78, 5) is 33.5. The molecule has 22 heavy (non-hydrogen) atoms. The van der Waals surface area contributed by atoms with Crippen LogP contribution in [0.25, 0.3) is 0 Å². The van der Waals surface area contributed by atoms with Crippen molar-refractivity contribution in [2.75, 3.05) is 13.1 Å². The lowest BCUT2D eigenvalue weighted by Crippen LogP contribution is -2.35. The number of halogens is 3. The first kappa shape index (κ1) is 17.7. The topological polar surface area (TPSA) is 75.3 Å². The Labute approximate surface area is 124 Å². The fourth-order valence-corrected chi connectivity index (χ4v) is 1.55. The van der Waals surface area contributed by atoms with Gasteiger partial charge in [-0.2, -0.15) is 0 Å². The Bertz CT molecular complexity index is 591. The number of hydrogen-bond acceptors (Lipinski definition) is 3. The van der Waals surface area contributed by atoms with Crippen molar-refractivity contribution in [2.24, 2.45) is 0 Å². The third-order valence-corrected chi connectivity index (χ3v) is 2.72. The van der Waals surface area contributed by atoms with Crippen molar-refractivity contribution in [3.05, 3.63) is 35.1 Å². The molecular weight excluding hydrogens is 301 g/mol. The lowest BCUT2D eigenvalue weighted by Gasteiger charge is -2.08. The zero-order valence-corrected chi connectivity index (χ0v) is 11.8. The quantitative estimate of drug-likeness (QED) is 0.588. The van der Waals surface area contributed by atoms with Gasteiger partial charge in [-0.1, -0.05) is 0 Å². The summed E-state index contributed by atoms with van der Waals surface area (Å²) in [5, 5.41) is 4.70. The van der Waals surface area contributed by atoms with Gasteiger partial charge >= 0.3 is 0 Å². The van der Waals surface area contributed by atoms with E-state index in [9.17, 15) is 27.6 Å². The molecule has 0 aliphatic carbocycles. The highest BCUT2D eigenvalue weighted by atomic mass is 19.2. The molecule has 0 saturated heterocycles. The van der Waals surface area contributed by atoms with Gasteiger partial charge in [-0.25, -0.2) is 13.2 Å². The average molecular weight is 316 g/mol. The van der Waals surface area contributed by atoms with Crippen molar-refractivity contribution in [3.8, 4) is 0 Å². The minimum absolute atomic E-state index is 0.0247.